The van der Waals surface area contributed by atoms with E-state index in [9.17, 15) is 4.79 Å². The standard InChI is InChI=1S/C22H20ClN3O3/c1-3-28-19(27)7-5-14-4-6-17(13(2)10-14)21-25-22(29-26-21)16-11-15-8-9-24-20(15)18(23)12-16/h4,6,8-12,24H,3,5,7H2,1-2H3. The molecule has 2 aromatic heterocycles. The van der Waals surface area contributed by atoms with E-state index in [0.29, 0.717) is 36.2 Å². The smallest absolute Gasteiger partial charge is 0.306 e. The summed E-state index contributed by atoms with van der Waals surface area (Å²) in [5, 5.41) is 5.72. The minimum atomic E-state index is -0.185. The number of hydrogen-bond acceptors (Lipinski definition) is 5. The Kier molecular flexibility index (Phi) is 5.36. The lowest BCUT2D eigenvalue weighted by Crippen LogP contribution is -2.05. The highest BCUT2D eigenvalue weighted by Gasteiger charge is 2.15. The summed E-state index contributed by atoms with van der Waals surface area (Å²) in [6.45, 7) is 4.20. The molecule has 0 unspecified atom stereocenters. The third kappa shape index (κ3) is 4.03. The minimum Gasteiger partial charge on any atom is -0.466 e. The van der Waals surface area contributed by atoms with Crippen molar-refractivity contribution in [1.82, 2.24) is 15.1 Å². The summed E-state index contributed by atoms with van der Waals surface area (Å²) < 4.78 is 10.5. The third-order valence-electron chi connectivity index (χ3n) is 4.74. The molecule has 7 heteroatoms. The second-order valence-corrected chi connectivity index (χ2v) is 7.18. The number of nitrogens with zero attached hydrogens (tertiary/aromatic N) is 2. The number of benzene rings is 2. The van der Waals surface area contributed by atoms with E-state index < -0.39 is 0 Å². The normalized spacial score (nSPS) is 11.1. The van der Waals surface area contributed by atoms with Crippen molar-refractivity contribution in [2.75, 3.05) is 6.61 Å². The maximum absolute atomic E-state index is 11.5. The number of rotatable bonds is 6. The zero-order chi connectivity index (χ0) is 20.4. The summed E-state index contributed by atoms with van der Waals surface area (Å²) >= 11 is 6.34. The molecule has 0 saturated heterocycles. The van der Waals surface area contributed by atoms with Crippen molar-refractivity contribution >= 4 is 28.5 Å². The number of H-pyrrole nitrogens is 1. The number of hydrogen-bond donors (Lipinski definition) is 1. The molecule has 0 aliphatic rings. The Hall–Kier alpha value is -3.12. The van der Waals surface area contributed by atoms with E-state index in [4.69, 9.17) is 20.9 Å². The van der Waals surface area contributed by atoms with Gasteiger partial charge in [-0.05, 0) is 49.6 Å². The molecule has 0 fully saturated rings. The van der Waals surface area contributed by atoms with Crippen LogP contribution < -0.4 is 0 Å². The average molecular weight is 410 g/mol. The Bertz CT molecular complexity index is 1180. The van der Waals surface area contributed by atoms with Crippen LogP contribution in [-0.4, -0.2) is 27.7 Å². The summed E-state index contributed by atoms with van der Waals surface area (Å²) in [5.41, 5.74) is 4.60. The molecule has 0 bridgehead atoms. The molecule has 0 atom stereocenters. The Morgan fingerprint density at radius 3 is 2.90 bits per heavy atom. The largest absolute Gasteiger partial charge is 0.466 e. The summed E-state index contributed by atoms with van der Waals surface area (Å²) in [6.07, 6.45) is 2.83. The summed E-state index contributed by atoms with van der Waals surface area (Å²) in [7, 11) is 0. The maximum atomic E-state index is 11.5. The van der Waals surface area contributed by atoms with Crippen LogP contribution in [0, 0.1) is 6.92 Å². The summed E-state index contributed by atoms with van der Waals surface area (Å²) in [4.78, 5) is 19.2. The van der Waals surface area contributed by atoms with Gasteiger partial charge >= 0.3 is 5.97 Å². The lowest BCUT2D eigenvalue weighted by molar-refractivity contribution is -0.143. The molecule has 1 N–H and O–H groups in total. The van der Waals surface area contributed by atoms with Gasteiger partial charge in [0.05, 0.1) is 17.1 Å². The zero-order valence-electron chi connectivity index (χ0n) is 16.2. The Labute approximate surface area is 172 Å². The number of fused-ring (bicyclic) bond motifs is 1. The van der Waals surface area contributed by atoms with E-state index in [1.54, 1.807) is 6.92 Å². The quantitative estimate of drug-likeness (QED) is 0.434. The Morgan fingerprint density at radius 1 is 1.24 bits per heavy atom. The fourth-order valence-corrected chi connectivity index (χ4v) is 3.59. The first-order valence-corrected chi connectivity index (χ1v) is 9.79. The van der Waals surface area contributed by atoms with E-state index in [2.05, 4.69) is 15.1 Å². The van der Waals surface area contributed by atoms with Crippen LogP contribution >= 0.6 is 11.6 Å². The van der Waals surface area contributed by atoms with E-state index in [1.165, 1.54) is 0 Å². The van der Waals surface area contributed by atoms with Gasteiger partial charge in [-0.1, -0.05) is 35.0 Å². The molecule has 2 heterocycles. The summed E-state index contributed by atoms with van der Waals surface area (Å²) in [5.74, 6) is 0.741. The van der Waals surface area contributed by atoms with Gasteiger partial charge in [0, 0.05) is 29.1 Å². The Morgan fingerprint density at radius 2 is 2.10 bits per heavy atom. The van der Waals surface area contributed by atoms with Gasteiger partial charge in [-0.15, -0.1) is 0 Å². The third-order valence-corrected chi connectivity index (χ3v) is 5.04. The first-order valence-electron chi connectivity index (χ1n) is 9.41. The average Bonchev–Trinajstić information content (AvgIpc) is 3.36. The molecule has 0 aliphatic carbocycles. The first-order chi connectivity index (χ1) is 14.0. The first kappa shape index (κ1) is 19.2. The van der Waals surface area contributed by atoms with E-state index >= 15 is 0 Å². The second-order valence-electron chi connectivity index (χ2n) is 6.78. The lowest BCUT2D eigenvalue weighted by atomic mass is 10.0. The van der Waals surface area contributed by atoms with Gasteiger partial charge in [-0.3, -0.25) is 4.79 Å². The topological polar surface area (TPSA) is 81.0 Å². The predicted molar refractivity (Wildman–Crippen MR) is 112 cm³/mol. The number of carbonyl (C=O) groups excluding carboxylic acids is 1. The van der Waals surface area contributed by atoms with Crippen molar-refractivity contribution < 1.29 is 14.1 Å². The Balaban J connectivity index is 1.56. The molecule has 29 heavy (non-hydrogen) atoms. The molecule has 0 saturated carbocycles. The van der Waals surface area contributed by atoms with Crippen LogP contribution in [0.25, 0.3) is 33.7 Å². The monoisotopic (exact) mass is 409 g/mol. The number of halogens is 1. The number of carbonyl (C=O) groups is 1. The van der Waals surface area contributed by atoms with Crippen molar-refractivity contribution in [3.63, 3.8) is 0 Å². The molecule has 4 aromatic rings. The fourth-order valence-electron chi connectivity index (χ4n) is 3.31. The van der Waals surface area contributed by atoms with Crippen LogP contribution in [0.5, 0.6) is 0 Å². The molecule has 0 spiro atoms. The number of nitrogens with one attached hydrogen (secondary N) is 1. The highest BCUT2D eigenvalue weighted by Crippen LogP contribution is 2.31. The van der Waals surface area contributed by atoms with Crippen molar-refractivity contribution in [2.24, 2.45) is 0 Å². The van der Waals surface area contributed by atoms with Crippen molar-refractivity contribution in [1.29, 1.82) is 0 Å². The van der Waals surface area contributed by atoms with Gasteiger partial charge in [0.15, 0.2) is 0 Å². The number of esters is 1. The van der Waals surface area contributed by atoms with E-state index in [0.717, 1.165) is 33.2 Å². The zero-order valence-corrected chi connectivity index (χ0v) is 16.9. The van der Waals surface area contributed by atoms with Gasteiger partial charge in [-0.2, -0.15) is 4.98 Å². The van der Waals surface area contributed by atoms with E-state index in [1.807, 2.05) is 49.5 Å². The molecule has 0 amide bonds. The second kappa shape index (κ2) is 8.09. The molecule has 148 valence electrons. The maximum Gasteiger partial charge on any atom is 0.306 e. The highest BCUT2D eigenvalue weighted by atomic mass is 35.5. The van der Waals surface area contributed by atoms with Crippen molar-refractivity contribution in [2.45, 2.75) is 26.7 Å². The number of aromatic amines is 1. The van der Waals surface area contributed by atoms with Gasteiger partial charge in [0.1, 0.15) is 0 Å². The van der Waals surface area contributed by atoms with Gasteiger partial charge in [-0.25, -0.2) is 0 Å². The van der Waals surface area contributed by atoms with Gasteiger partial charge in [0.25, 0.3) is 5.89 Å². The lowest BCUT2D eigenvalue weighted by Gasteiger charge is -2.06. The molecule has 0 aliphatic heterocycles. The van der Waals surface area contributed by atoms with Crippen LogP contribution in [0.2, 0.25) is 5.02 Å². The summed E-state index contributed by atoms with van der Waals surface area (Å²) in [6, 6.07) is 11.7. The van der Waals surface area contributed by atoms with Crippen LogP contribution in [-0.2, 0) is 16.0 Å². The SMILES string of the molecule is CCOC(=O)CCc1ccc(-c2noc(-c3cc(Cl)c4[nH]ccc4c3)n2)c(C)c1. The van der Waals surface area contributed by atoms with Crippen molar-refractivity contribution in [3.8, 4) is 22.8 Å². The molecule has 4 rings (SSSR count). The van der Waals surface area contributed by atoms with Crippen LogP contribution in [0.1, 0.15) is 24.5 Å². The number of ether oxygens (including phenoxy) is 1. The fraction of sp³-hybridized carbons (Fsp3) is 0.227. The molecular formula is C22H20ClN3O3. The predicted octanol–water partition coefficient (Wildman–Crippen LogP) is 5.34. The van der Waals surface area contributed by atoms with Gasteiger partial charge in [0.2, 0.25) is 5.82 Å². The van der Waals surface area contributed by atoms with Crippen LogP contribution in [0.15, 0.2) is 47.1 Å². The van der Waals surface area contributed by atoms with E-state index in [-0.39, 0.29) is 5.97 Å². The molecule has 6 nitrogen and oxygen atoms in total. The molecular weight excluding hydrogens is 390 g/mol. The molecule has 0 radical (unpaired) electrons. The number of aromatic nitrogens is 3. The van der Waals surface area contributed by atoms with Crippen molar-refractivity contribution in [3.05, 3.63) is 58.7 Å². The minimum absolute atomic E-state index is 0.185. The highest BCUT2D eigenvalue weighted by molar-refractivity contribution is 6.35. The molecule has 2 aromatic carbocycles. The number of aryl methyl sites for hydroxylation is 2. The van der Waals surface area contributed by atoms with Crippen LogP contribution in [0.4, 0.5) is 0 Å². The van der Waals surface area contributed by atoms with Gasteiger partial charge < -0.3 is 14.2 Å². The van der Waals surface area contributed by atoms with Crippen LogP contribution in [0.3, 0.4) is 0 Å².